The smallest absolute Gasteiger partial charge is 0.258 e. The van der Waals surface area contributed by atoms with Crippen molar-refractivity contribution in [2.45, 2.75) is 33.7 Å². The molecule has 2 aromatic carbocycles. The second kappa shape index (κ2) is 9.13. The van der Waals surface area contributed by atoms with Gasteiger partial charge in [0.1, 0.15) is 23.9 Å². The van der Waals surface area contributed by atoms with E-state index in [0.29, 0.717) is 6.61 Å². The van der Waals surface area contributed by atoms with Crippen LogP contribution in [0.15, 0.2) is 36.4 Å². The molecule has 0 aliphatic carbocycles. The summed E-state index contributed by atoms with van der Waals surface area (Å²) in [5.74, 6) is 2.08. The van der Waals surface area contributed by atoms with Gasteiger partial charge in [-0.3, -0.25) is 4.79 Å². The second-order valence-electron chi connectivity index (χ2n) is 6.45. The highest BCUT2D eigenvalue weighted by Gasteiger charge is 2.11. The van der Waals surface area contributed by atoms with Crippen LogP contribution in [0.4, 0.5) is 0 Å². The summed E-state index contributed by atoms with van der Waals surface area (Å²) in [6, 6.07) is 11.2. The van der Waals surface area contributed by atoms with E-state index in [-0.39, 0.29) is 18.6 Å². The first-order valence-electron chi connectivity index (χ1n) is 8.66. The molecule has 0 aromatic heterocycles. The minimum absolute atomic E-state index is 0.0173. The summed E-state index contributed by atoms with van der Waals surface area (Å²) in [6.07, 6.45) is 0. The number of hydrogen-bond donors (Lipinski definition) is 1. The number of amides is 1. The van der Waals surface area contributed by atoms with E-state index in [1.807, 2.05) is 58.0 Å². The zero-order valence-corrected chi connectivity index (χ0v) is 16.1. The van der Waals surface area contributed by atoms with E-state index in [9.17, 15) is 4.79 Å². The molecular formula is C21H27NO4. The molecule has 140 valence electrons. The highest BCUT2D eigenvalue weighted by atomic mass is 16.5. The summed E-state index contributed by atoms with van der Waals surface area (Å²) in [4.78, 5) is 12.1. The van der Waals surface area contributed by atoms with Crippen LogP contribution in [0, 0.1) is 20.8 Å². The van der Waals surface area contributed by atoms with Crippen LogP contribution in [0.5, 0.6) is 17.2 Å². The van der Waals surface area contributed by atoms with Crippen molar-refractivity contribution in [1.29, 1.82) is 0 Å². The van der Waals surface area contributed by atoms with Crippen molar-refractivity contribution in [3.05, 3.63) is 53.1 Å². The molecule has 26 heavy (non-hydrogen) atoms. The van der Waals surface area contributed by atoms with Crippen LogP contribution in [-0.4, -0.2) is 32.3 Å². The van der Waals surface area contributed by atoms with E-state index < -0.39 is 0 Å². The molecule has 0 aliphatic heterocycles. The molecule has 0 spiro atoms. The van der Waals surface area contributed by atoms with Crippen molar-refractivity contribution in [2.24, 2.45) is 0 Å². The Morgan fingerprint density at radius 3 is 2.35 bits per heavy atom. The van der Waals surface area contributed by atoms with Gasteiger partial charge in [0, 0.05) is 0 Å². The maximum absolute atomic E-state index is 12.1. The number of ether oxygens (including phenoxy) is 3. The molecule has 1 amide bonds. The van der Waals surface area contributed by atoms with E-state index in [4.69, 9.17) is 14.2 Å². The lowest BCUT2D eigenvalue weighted by molar-refractivity contribution is -0.123. The Morgan fingerprint density at radius 1 is 1.04 bits per heavy atom. The molecule has 0 unspecified atom stereocenters. The van der Waals surface area contributed by atoms with Gasteiger partial charge in [0.05, 0.1) is 13.2 Å². The van der Waals surface area contributed by atoms with E-state index in [0.717, 1.165) is 33.9 Å². The Morgan fingerprint density at radius 2 is 1.69 bits per heavy atom. The third-order valence-corrected chi connectivity index (χ3v) is 4.09. The summed E-state index contributed by atoms with van der Waals surface area (Å²) < 4.78 is 16.5. The van der Waals surface area contributed by atoms with E-state index in [2.05, 4.69) is 11.4 Å². The van der Waals surface area contributed by atoms with Crippen molar-refractivity contribution >= 4 is 5.91 Å². The molecule has 0 bridgehead atoms. The molecule has 5 nitrogen and oxygen atoms in total. The van der Waals surface area contributed by atoms with Crippen LogP contribution in [0.3, 0.4) is 0 Å². The number of aryl methyl sites for hydroxylation is 2. The predicted molar refractivity (Wildman–Crippen MR) is 102 cm³/mol. The van der Waals surface area contributed by atoms with Crippen molar-refractivity contribution in [2.75, 3.05) is 20.3 Å². The maximum Gasteiger partial charge on any atom is 0.258 e. The summed E-state index contributed by atoms with van der Waals surface area (Å²) in [5.41, 5.74) is 3.32. The first-order valence-corrected chi connectivity index (χ1v) is 8.66. The lowest BCUT2D eigenvalue weighted by Gasteiger charge is -2.16. The van der Waals surface area contributed by atoms with Gasteiger partial charge in [-0.1, -0.05) is 6.07 Å². The molecule has 0 saturated heterocycles. The third kappa shape index (κ3) is 5.69. The zero-order valence-electron chi connectivity index (χ0n) is 16.1. The predicted octanol–water partition coefficient (Wildman–Crippen LogP) is 3.58. The average Bonchev–Trinajstić information content (AvgIpc) is 2.62. The molecule has 2 aromatic rings. The topological polar surface area (TPSA) is 56.8 Å². The Bertz CT molecular complexity index is 740. The number of carbonyl (C=O) groups excluding carboxylic acids is 1. The van der Waals surface area contributed by atoms with Gasteiger partial charge >= 0.3 is 0 Å². The van der Waals surface area contributed by atoms with Gasteiger partial charge in [-0.05, 0) is 74.7 Å². The minimum Gasteiger partial charge on any atom is -0.497 e. The molecule has 0 radical (unpaired) electrons. The fourth-order valence-corrected chi connectivity index (χ4v) is 2.55. The number of carbonyl (C=O) groups is 1. The Labute approximate surface area is 155 Å². The molecule has 2 rings (SSSR count). The molecule has 0 saturated carbocycles. The van der Waals surface area contributed by atoms with Gasteiger partial charge in [0.25, 0.3) is 5.91 Å². The van der Waals surface area contributed by atoms with Gasteiger partial charge in [0.15, 0.2) is 6.61 Å². The standard InChI is InChI=1S/C21H27NO4/c1-14-10-15(2)17(4)20(11-14)26-13-21(23)22-16(3)12-25-19-8-6-18(24-5)7-9-19/h6-11,16H,12-13H2,1-5H3,(H,22,23)/t16-/m1/s1. The molecular weight excluding hydrogens is 330 g/mol. The van der Waals surface area contributed by atoms with Gasteiger partial charge in [-0.2, -0.15) is 0 Å². The Balaban J connectivity index is 1.78. The lowest BCUT2D eigenvalue weighted by Crippen LogP contribution is -2.39. The van der Waals surface area contributed by atoms with Crippen LogP contribution in [-0.2, 0) is 4.79 Å². The molecule has 1 N–H and O–H groups in total. The van der Waals surface area contributed by atoms with E-state index in [1.54, 1.807) is 7.11 Å². The maximum atomic E-state index is 12.1. The third-order valence-electron chi connectivity index (χ3n) is 4.09. The molecule has 1 atom stereocenters. The fraction of sp³-hybridized carbons (Fsp3) is 0.381. The monoisotopic (exact) mass is 357 g/mol. The van der Waals surface area contributed by atoms with Crippen LogP contribution < -0.4 is 19.5 Å². The van der Waals surface area contributed by atoms with Gasteiger partial charge in [0.2, 0.25) is 0 Å². The summed E-state index contributed by atoms with van der Waals surface area (Å²) >= 11 is 0. The number of methoxy groups -OCH3 is 1. The average molecular weight is 357 g/mol. The summed E-state index contributed by atoms with van der Waals surface area (Å²) in [6.45, 7) is 8.29. The molecule has 0 fully saturated rings. The van der Waals surface area contributed by atoms with Crippen molar-refractivity contribution in [3.63, 3.8) is 0 Å². The Hall–Kier alpha value is -2.69. The second-order valence-corrected chi connectivity index (χ2v) is 6.45. The number of hydrogen-bond acceptors (Lipinski definition) is 4. The SMILES string of the molecule is COc1ccc(OC[C@@H](C)NC(=O)COc2cc(C)cc(C)c2C)cc1. The van der Waals surface area contributed by atoms with E-state index in [1.165, 1.54) is 0 Å². The number of rotatable bonds is 8. The minimum atomic E-state index is -0.172. The van der Waals surface area contributed by atoms with Gasteiger partial charge < -0.3 is 19.5 Å². The number of nitrogens with one attached hydrogen (secondary N) is 1. The molecule has 0 heterocycles. The lowest BCUT2D eigenvalue weighted by atomic mass is 10.1. The first kappa shape index (κ1) is 19.6. The van der Waals surface area contributed by atoms with Gasteiger partial charge in [-0.25, -0.2) is 0 Å². The highest BCUT2D eigenvalue weighted by Crippen LogP contribution is 2.23. The normalized spacial score (nSPS) is 11.6. The van der Waals surface area contributed by atoms with Crippen LogP contribution in [0.2, 0.25) is 0 Å². The quantitative estimate of drug-likeness (QED) is 0.784. The van der Waals surface area contributed by atoms with Crippen LogP contribution >= 0.6 is 0 Å². The van der Waals surface area contributed by atoms with Crippen LogP contribution in [0.25, 0.3) is 0 Å². The fourth-order valence-electron chi connectivity index (χ4n) is 2.55. The first-order chi connectivity index (χ1) is 12.4. The summed E-state index contributed by atoms with van der Waals surface area (Å²) in [5, 5.41) is 2.88. The molecule has 0 aliphatic rings. The molecule has 5 heteroatoms. The van der Waals surface area contributed by atoms with Crippen molar-refractivity contribution in [3.8, 4) is 17.2 Å². The van der Waals surface area contributed by atoms with Crippen molar-refractivity contribution in [1.82, 2.24) is 5.32 Å². The summed E-state index contributed by atoms with van der Waals surface area (Å²) in [7, 11) is 1.62. The highest BCUT2D eigenvalue weighted by molar-refractivity contribution is 5.77. The van der Waals surface area contributed by atoms with Crippen LogP contribution in [0.1, 0.15) is 23.6 Å². The number of benzene rings is 2. The van der Waals surface area contributed by atoms with E-state index >= 15 is 0 Å². The van der Waals surface area contributed by atoms with Crippen molar-refractivity contribution < 1.29 is 19.0 Å². The van der Waals surface area contributed by atoms with Gasteiger partial charge in [-0.15, -0.1) is 0 Å². The zero-order chi connectivity index (χ0) is 19.1. The largest absolute Gasteiger partial charge is 0.497 e. The Kier molecular flexibility index (Phi) is 6.89.